The molecule has 0 amide bonds. The number of aromatic nitrogens is 1. The average Bonchev–Trinajstić information content (AvgIpc) is 2.87. The zero-order valence-corrected chi connectivity index (χ0v) is 14.0. The zero-order chi connectivity index (χ0) is 16.2. The summed E-state index contributed by atoms with van der Waals surface area (Å²) < 4.78 is 22.1. The van der Waals surface area contributed by atoms with Crippen LogP contribution in [0.2, 0.25) is 0 Å². The lowest BCUT2D eigenvalue weighted by Crippen LogP contribution is -2.42. The predicted octanol–water partition coefficient (Wildman–Crippen LogP) is 4.15. The second-order valence-corrected chi connectivity index (χ2v) is 7.31. The molecule has 1 fully saturated rings. The molecular formula is C19H23FN2O. The first-order chi connectivity index (χ1) is 10.9. The number of likely N-dealkylation sites (tertiary alicyclic amines) is 1. The summed E-state index contributed by atoms with van der Waals surface area (Å²) in [7, 11) is 1.97. The third-order valence-electron chi connectivity index (χ3n) is 5.09. The van der Waals surface area contributed by atoms with Gasteiger partial charge >= 0.3 is 0 Å². The van der Waals surface area contributed by atoms with Crippen molar-refractivity contribution in [3.8, 4) is 0 Å². The number of nitrogens with zero attached hydrogens (tertiary/aromatic N) is 2. The molecule has 1 saturated heterocycles. The van der Waals surface area contributed by atoms with Crippen molar-refractivity contribution in [3.05, 3.63) is 47.7 Å². The summed E-state index contributed by atoms with van der Waals surface area (Å²) in [5, 5.41) is 0.712. The molecule has 0 spiro atoms. The van der Waals surface area contributed by atoms with Gasteiger partial charge in [0.25, 0.3) is 0 Å². The predicted molar refractivity (Wildman–Crippen MR) is 89.7 cm³/mol. The second kappa shape index (κ2) is 5.02. The van der Waals surface area contributed by atoms with E-state index in [1.54, 1.807) is 6.07 Å². The van der Waals surface area contributed by atoms with Crippen molar-refractivity contribution < 1.29 is 9.13 Å². The third kappa shape index (κ3) is 2.50. The Morgan fingerprint density at radius 1 is 1.22 bits per heavy atom. The Hall–Kier alpha value is -1.97. The van der Waals surface area contributed by atoms with Crippen molar-refractivity contribution in [3.63, 3.8) is 0 Å². The molecule has 3 heterocycles. The number of hydrogen-bond acceptors (Lipinski definition) is 2. The van der Waals surface area contributed by atoms with Crippen molar-refractivity contribution in [2.75, 3.05) is 13.1 Å². The Labute approximate surface area is 136 Å². The smallest absolute Gasteiger partial charge is 0.190 e. The van der Waals surface area contributed by atoms with Crippen LogP contribution < -0.4 is 0 Å². The number of ether oxygens (including phenoxy) is 1. The van der Waals surface area contributed by atoms with E-state index < -0.39 is 0 Å². The maximum Gasteiger partial charge on any atom is 0.190 e. The van der Waals surface area contributed by atoms with Crippen LogP contribution >= 0.6 is 0 Å². The van der Waals surface area contributed by atoms with Crippen LogP contribution in [0.3, 0.4) is 0 Å². The minimum absolute atomic E-state index is 0.104. The number of fused-ring (bicyclic) bond motifs is 1. The molecule has 1 aromatic heterocycles. The monoisotopic (exact) mass is 314 g/mol. The topological polar surface area (TPSA) is 17.4 Å². The fraction of sp³-hybridized carbons (Fsp3) is 0.474. The Morgan fingerprint density at radius 3 is 2.57 bits per heavy atom. The molecule has 0 aliphatic carbocycles. The van der Waals surface area contributed by atoms with Crippen molar-refractivity contribution in [1.29, 1.82) is 0 Å². The summed E-state index contributed by atoms with van der Waals surface area (Å²) >= 11 is 0. The lowest BCUT2D eigenvalue weighted by molar-refractivity contribution is -0.0348. The highest BCUT2D eigenvalue weighted by Crippen LogP contribution is 2.36. The standard InChI is InChI=1S/C19H23FN2O/c1-19(2)12-18(23-19)22-8-4-13(5-9-22)14-10-16(20)15-6-7-21(3)17(15)11-14/h6-7,10-13H,4-5,8-9H2,1-3H3. The number of piperidine rings is 1. The molecule has 23 heavy (non-hydrogen) atoms. The normalized spacial score (nSPS) is 21.0. The molecule has 4 rings (SSSR count). The molecule has 0 unspecified atom stereocenters. The van der Waals surface area contributed by atoms with E-state index in [1.165, 1.54) is 0 Å². The van der Waals surface area contributed by atoms with Gasteiger partial charge in [-0.3, -0.25) is 0 Å². The van der Waals surface area contributed by atoms with Gasteiger partial charge in [0.05, 0.1) is 5.52 Å². The summed E-state index contributed by atoms with van der Waals surface area (Å²) in [6.45, 7) is 6.08. The molecule has 2 aliphatic rings. The number of benzene rings is 1. The number of rotatable bonds is 2. The van der Waals surface area contributed by atoms with E-state index >= 15 is 0 Å². The quantitative estimate of drug-likeness (QED) is 0.828. The number of halogens is 1. The van der Waals surface area contributed by atoms with Crippen molar-refractivity contribution in [2.24, 2.45) is 7.05 Å². The maximum absolute atomic E-state index is 14.3. The first-order valence-electron chi connectivity index (χ1n) is 8.34. The van der Waals surface area contributed by atoms with Gasteiger partial charge in [-0.2, -0.15) is 0 Å². The second-order valence-electron chi connectivity index (χ2n) is 7.31. The summed E-state index contributed by atoms with van der Waals surface area (Å²) in [4.78, 5) is 2.30. The van der Waals surface area contributed by atoms with Crippen molar-refractivity contribution in [2.45, 2.75) is 38.2 Å². The first-order valence-corrected chi connectivity index (χ1v) is 8.34. The molecule has 2 aliphatic heterocycles. The van der Waals surface area contributed by atoms with Crippen LogP contribution in [0.5, 0.6) is 0 Å². The highest BCUT2D eigenvalue weighted by atomic mass is 19.1. The SMILES string of the molecule is Cn1ccc2c(F)cc(C3CCN(C4=CC(C)(C)O4)CC3)cc21. The molecule has 0 saturated carbocycles. The van der Waals surface area contributed by atoms with Gasteiger partial charge in [-0.05, 0) is 56.4 Å². The van der Waals surface area contributed by atoms with E-state index in [4.69, 9.17) is 4.74 Å². The maximum atomic E-state index is 14.3. The van der Waals surface area contributed by atoms with Crippen LogP contribution in [0.1, 0.15) is 38.2 Å². The van der Waals surface area contributed by atoms with Crippen LogP contribution in [0, 0.1) is 5.82 Å². The van der Waals surface area contributed by atoms with E-state index in [-0.39, 0.29) is 11.4 Å². The Kier molecular flexibility index (Phi) is 3.19. The van der Waals surface area contributed by atoms with Gasteiger partial charge in [0.1, 0.15) is 11.4 Å². The van der Waals surface area contributed by atoms with E-state index in [0.29, 0.717) is 11.3 Å². The van der Waals surface area contributed by atoms with Crippen molar-refractivity contribution >= 4 is 10.9 Å². The average molecular weight is 314 g/mol. The fourth-order valence-electron chi connectivity index (χ4n) is 3.74. The molecule has 1 aromatic carbocycles. The minimum atomic E-state index is -0.118. The number of aryl methyl sites for hydroxylation is 1. The molecule has 122 valence electrons. The van der Waals surface area contributed by atoms with E-state index in [0.717, 1.165) is 42.9 Å². The van der Waals surface area contributed by atoms with Gasteiger partial charge in [0.15, 0.2) is 5.88 Å². The van der Waals surface area contributed by atoms with Gasteiger partial charge in [-0.15, -0.1) is 0 Å². The van der Waals surface area contributed by atoms with Crippen LogP contribution in [0.25, 0.3) is 10.9 Å². The Morgan fingerprint density at radius 2 is 1.91 bits per heavy atom. The molecule has 3 nitrogen and oxygen atoms in total. The summed E-state index contributed by atoms with van der Waals surface area (Å²) in [5.41, 5.74) is 1.99. The lowest BCUT2D eigenvalue weighted by Gasteiger charge is -2.43. The highest BCUT2D eigenvalue weighted by molar-refractivity contribution is 5.81. The largest absolute Gasteiger partial charge is 0.469 e. The Bertz CT molecular complexity index is 782. The molecule has 2 aromatic rings. The molecule has 4 heteroatoms. The van der Waals surface area contributed by atoms with Gasteiger partial charge in [-0.1, -0.05) is 0 Å². The Balaban J connectivity index is 1.51. The molecule has 0 radical (unpaired) electrons. The molecule has 0 N–H and O–H groups in total. The van der Waals surface area contributed by atoms with Crippen LogP contribution in [0.4, 0.5) is 4.39 Å². The summed E-state index contributed by atoms with van der Waals surface area (Å²) in [6.07, 6.45) is 6.18. The summed E-state index contributed by atoms with van der Waals surface area (Å²) in [5.74, 6) is 1.33. The minimum Gasteiger partial charge on any atom is -0.469 e. The molecular weight excluding hydrogens is 291 g/mol. The highest BCUT2D eigenvalue weighted by Gasteiger charge is 2.34. The summed E-state index contributed by atoms with van der Waals surface area (Å²) in [6, 6.07) is 5.73. The fourth-order valence-corrected chi connectivity index (χ4v) is 3.74. The van der Waals surface area contributed by atoms with Crippen LogP contribution in [-0.2, 0) is 11.8 Å². The van der Waals surface area contributed by atoms with Gasteiger partial charge in [-0.25, -0.2) is 4.39 Å². The zero-order valence-electron chi connectivity index (χ0n) is 14.0. The van der Waals surface area contributed by atoms with E-state index in [2.05, 4.69) is 30.9 Å². The van der Waals surface area contributed by atoms with Crippen LogP contribution in [0.15, 0.2) is 36.4 Å². The van der Waals surface area contributed by atoms with Crippen LogP contribution in [-0.4, -0.2) is 28.2 Å². The first kappa shape index (κ1) is 14.6. The van der Waals surface area contributed by atoms with E-state index in [9.17, 15) is 4.39 Å². The lowest BCUT2D eigenvalue weighted by atomic mass is 9.88. The molecule has 0 bridgehead atoms. The third-order valence-corrected chi connectivity index (χ3v) is 5.09. The van der Waals surface area contributed by atoms with Gasteiger partial charge < -0.3 is 14.2 Å². The molecule has 0 atom stereocenters. The van der Waals surface area contributed by atoms with Gasteiger partial charge in [0, 0.05) is 37.8 Å². The van der Waals surface area contributed by atoms with Gasteiger partial charge in [0.2, 0.25) is 0 Å². The van der Waals surface area contributed by atoms with Crippen molar-refractivity contribution in [1.82, 2.24) is 9.47 Å². The van der Waals surface area contributed by atoms with E-state index in [1.807, 2.05) is 23.9 Å². The number of hydrogen-bond donors (Lipinski definition) is 0.